The zero-order chi connectivity index (χ0) is 28.2. The van der Waals surface area contributed by atoms with E-state index in [2.05, 4.69) is 27.7 Å². The van der Waals surface area contributed by atoms with Gasteiger partial charge in [-0.25, -0.2) is 4.39 Å². The molecule has 2 heterocycles. The summed E-state index contributed by atoms with van der Waals surface area (Å²) in [6.45, 7) is 0.265. The molecule has 208 valence electrons. The molecule has 0 fully saturated rings. The average Bonchev–Trinajstić information content (AvgIpc) is 3.11. The van der Waals surface area contributed by atoms with E-state index in [9.17, 15) is 4.79 Å². The zero-order valence-corrected chi connectivity index (χ0v) is 26.4. The fourth-order valence-corrected chi connectivity index (χ4v) is 7.18. The summed E-state index contributed by atoms with van der Waals surface area (Å²) in [4.78, 5) is 26.6. The molecule has 1 aromatic heterocycles. The molecule has 2 N–H and O–H groups in total. The molecule has 1 aliphatic heterocycles. The van der Waals surface area contributed by atoms with Crippen molar-refractivity contribution in [1.82, 2.24) is 14.7 Å². The number of ether oxygens (including phenoxy) is 2. The Morgan fingerprint density at radius 2 is 2.02 bits per heavy atom. The van der Waals surface area contributed by atoms with Crippen molar-refractivity contribution in [2.75, 3.05) is 19.5 Å². The first-order chi connectivity index (χ1) is 19.4. The number of fused-ring (bicyclic) bond motifs is 3. The second kappa shape index (κ2) is 12.9. The Morgan fingerprint density at radius 3 is 2.80 bits per heavy atom. The number of hydrogen-bond donors (Lipinski definition) is 2. The van der Waals surface area contributed by atoms with Crippen LogP contribution in [-0.2, 0) is 6.54 Å². The van der Waals surface area contributed by atoms with Crippen LogP contribution in [-0.4, -0.2) is 35.8 Å². The van der Waals surface area contributed by atoms with Crippen LogP contribution in [0.3, 0.4) is 0 Å². The maximum atomic E-state index is 15.1. The molecule has 40 heavy (non-hydrogen) atoms. The van der Waals surface area contributed by atoms with Gasteiger partial charge in [-0.3, -0.25) is 4.99 Å². The van der Waals surface area contributed by atoms with E-state index < -0.39 is 5.82 Å². The van der Waals surface area contributed by atoms with Crippen LogP contribution in [0, 0.1) is 11.7 Å². The van der Waals surface area contributed by atoms with Gasteiger partial charge in [-0.1, -0.05) is 29.8 Å². The van der Waals surface area contributed by atoms with Gasteiger partial charge in [-0.05, 0) is 18.2 Å². The van der Waals surface area contributed by atoms with Gasteiger partial charge in [0.2, 0.25) is 0 Å². The Labute approximate surface area is 254 Å². The average molecular weight is 758 g/mol. The van der Waals surface area contributed by atoms with Crippen LogP contribution in [0.15, 0.2) is 70.8 Å². The van der Waals surface area contributed by atoms with Gasteiger partial charge in [0.05, 0.1) is 24.9 Å². The number of carbonyl (C=O) groups excluding carboxylic acids is 1. The van der Waals surface area contributed by atoms with Crippen molar-refractivity contribution < 1.29 is 36.3 Å². The van der Waals surface area contributed by atoms with Crippen LogP contribution in [0.25, 0.3) is 0 Å². The van der Waals surface area contributed by atoms with Gasteiger partial charge in [-0.15, -0.1) is 0 Å². The maximum absolute atomic E-state index is 15.1. The molecule has 0 bridgehead atoms. The Balaban J connectivity index is 1.48. The van der Waals surface area contributed by atoms with E-state index in [-0.39, 0.29) is 41.9 Å². The zero-order valence-electron chi connectivity index (χ0n) is 21.1. The molecule has 2 aromatic carbocycles. The number of rotatable bonds is 8. The van der Waals surface area contributed by atoms with Crippen molar-refractivity contribution in [3.8, 4) is 11.5 Å². The molecule has 5 rings (SSSR count). The van der Waals surface area contributed by atoms with Crippen LogP contribution in [0.5, 0.6) is 11.5 Å². The summed E-state index contributed by atoms with van der Waals surface area (Å²) >= 11 is 9.46. The fourth-order valence-electron chi connectivity index (χ4n) is 4.68. The monoisotopic (exact) mass is 756 g/mol. The summed E-state index contributed by atoms with van der Waals surface area (Å²) in [5.41, 5.74) is 3.48. The molecular weight excluding hydrogens is 736 g/mol. The molecular formula is C27H22BrClFIN5O3S-. The summed E-state index contributed by atoms with van der Waals surface area (Å²) < 4.78 is 28.9. The fraction of sp³-hybridized carbons (Fsp3) is 0.185. The van der Waals surface area contributed by atoms with E-state index in [1.165, 1.54) is 29.4 Å². The number of methoxy groups -OCH3 is 2. The quantitative estimate of drug-likeness (QED) is 0.269. The Morgan fingerprint density at radius 1 is 1.20 bits per heavy atom. The minimum absolute atomic E-state index is 0.238. The van der Waals surface area contributed by atoms with Crippen molar-refractivity contribution in [3.63, 3.8) is 0 Å². The number of aliphatic imine (C=N–C) groups is 1. The third-order valence-corrected chi connectivity index (χ3v) is 10.6. The van der Waals surface area contributed by atoms with Crippen LogP contribution >= 0.6 is 33.4 Å². The standard InChI is InChI=1S/C27H22BrClFIN5O3S/c1-38-21-5-3-4-20(30)23(21)25-19-10-15(29)6-8-17(19)24-14(12-32-25)13-33-27(35-24)34-16-7-9-18(22(11-16)39-2)26(37)36-40-31-28/h3-11,13,17,19H,12H2,1-2H3,(H,36,37)(H,33,34,35)/q-1. The molecule has 0 saturated carbocycles. The third kappa shape index (κ3) is 5.99. The van der Waals surface area contributed by atoms with Crippen molar-refractivity contribution in [2.24, 2.45) is 10.9 Å². The Hall–Kier alpha value is -2.68. The summed E-state index contributed by atoms with van der Waals surface area (Å²) in [5, 5.41) is 3.74. The van der Waals surface area contributed by atoms with E-state index in [1.807, 2.05) is 18.2 Å². The summed E-state index contributed by atoms with van der Waals surface area (Å²) in [6, 6.07) is 9.87. The van der Waals surface area contributed by atoms with Crippen LogP contribution < -0.4 is 37.1 Å². The van der Waals surface area contributed by atoms with Gasteiger partial charge in [0.15, 0.2) is 0 Å². The van der Waals surface area contributed by atoms with E-state index in [0.717, 1.165) is 11.3 Å². The summed E-state index contributed by atoms with van der Waals surface area (Å²) in [7, 11) is 4.36. The number of nitrogens with zero attached hydrogens (tertiary/aromatic N) is 3. The number of carbonyl (C=O) groups is 1. The summed E-state index contributed by atoms with van der Waals surface area (Å²) in [5.74, 6) is -0.122. The normalized spacial score (nSPS) is 17.6. The molecule has 13 heteroatoms. The number of benzene rings is 2. The van der Waals surface area contributed by atoms with Crippen molar-refractivity contribution in [1.29, 1.82) is 0 Å². The number of allylic oxidation sites excluding steroid dienone is 4. The van der Waals surface area contributed by atoms with Crippen molar-refractivity contribution in [2.45, 2.75) is 12.5 Å². The van der Waals surface area contributed by atoms with Gasteiger partial charge in [0.25, 0.3) is 0 Å². The molecule has 8 nitrogen and oxygen atoms in total. The molecule has 0 saturated heterocycles. The van der Waals surface area contributed by atoms with Crippen LogP contribution in [0.1, 0.15) is 33.1 Å². The first kappa shape index (κ1) is 28.8. The first-order valence-corrected chi connectivity index (χ1v) is 20.5. The molecule has 2 aliphatic rings. The van der Waals surface area contributed by atoms with E-state index in [0.29, 0.717) is 45.0 Å². The number of amides is 1. The van der Waals surface area contributed by atoms with Gasteiger partial charge >= 0.3 is 146 Å². The van der Waals surface area contributed by atoms with Crippen molar-refractivity contribution in [3.05, 3.63) is 94.1 Å². The number of hydrogen-bond acceptors (Lipinski definition) is 8. The second-order valence-electron chi connectivity index (χ2n) is 8.69. The minimum atomic E-state index is -0.422. The predicted molar refractivity (Wildman–Crippen MR) is 155 cm³/mol. The topological polar surface area (TPSA) is 97.7 Å². The SMILES string of the molecule is COc1cc(Nc2ncc3c(n2)C2C=CC(Cl)=CC2C(c2c(F)cccc2OC)=NC3)ccc1C(=O)NS[I-]Br. The number of aromatic nitrogens is 2. The molecule has 2 atom stereocenters. The van der Waals surface area contributed by atoms with Gasteiger partial charge in [0, 0.05) is 11.0 Å². The Kier molecular flexibility index (Phi) is 9.28. The van der Waals surface area contributed by atoms with E-state index >= 15 is 4.39 Å². The first-order valence-electron chi connectivity index (χ1n) is 11.9. The second-order valence-corrected chi connectivity index (χ2v) is 16.8. The molecule has 2 unspecified atom stereocenters. The van der Waals surface area contributed by atoms with Crippen LogP contribution in [0.2, 0.25) is 0 Å². The Bertz CT molecular complexity index is 1560. The molecule has 3 aromatic rings. The molecule has 1 amide bonds. The molecule has 1 aliphatic carbocycles. The van der Waals surface area contributed by atoms with Gasteiger partial charge in [-0.2, -0.15) is 0 Å². The number of halogens is 4. The third-order valence-electron chi connectivity index (χ3n) is 6.45. The van der Waals surface area contributed by atoms with E-state index in [4.69, 9.17) is 31.1 Å². The molecule has 0 radical (unpaired) electrons. The van der Waals surface area contributed by atoms with Crippen molar-refractivity contribution >= 4 is 56.7 Å². The van der Waals surface area contributed by atoms with Crippen LogP contribution in [0.4, 0.5) is 16.0 Å². The predicted octanol–water partition coefficient (Wildman–Crippen LogP) is 3.46. The van der Waals surface area contributed by atoms with Gasteiger partial charge in [0.1, 0.15) is 11.6 Å². The van der Waals surface area contributed by atoms with Gasteiger partial charge < -0.3 is 4.74 Å². The summed E-state index contributed by atoms with van der Waals surface area (Å²) in [6.07, 6.45) is 7.36. The van der Waals surface area contributed by atoms with E-state index in [1.54, 1.807) is 36.5 Å². The number of nitrogens with one attached hydrogen (secondary N) is 2. The number of anilines is 2. The molecule has 0 spiro atoms.